The van der Waals surface area contributed by atoms with E-state index in [2.05, 4.69) is 35.6 Å². The second-order valence-electron chi connectivity index (χ2n) is 5.07. The maximum absolute atomic E-state index is 9.52. The maximum Gasteiger partial charge on any atom is 0.159 e. The zero-order valence-electron chi connectivity index (χ0n) is 11.3. The summed E-state index contributed by atoms with van der Waals surface area (Å²) in [5.41, 5.74) is 3.14. The molecule has 0 radical (unpaired) electrons. The summed E-state index contributed by atoms with van der Waals surface area (Å²) >= 11 is 0. The van der Waals surface area contributed by atoms with E-state index < -0.39 is 0 Å². The number of aromatic nitrogens is 3. The summed E-state index contributed by atoms with van der Waals surface area (Å²) in [4.78, 5) is 0. The molecule has 0 amide bonds. The highest BCUT2D eigenvalue weighted by molar-refractivity contribution is 5.33. The molecule has 1 fully saturated rings. The zero-order chi connectivity index (χ0) is 13.4. The summed E-state index contributed by atoms with van der Waals surface area (Å²) in [7, 11) is 0. The van der Waals surface area contributed by atoms with Gasteiger partial charge in [-0.1, -0.05) is 0 Å². The van der Waals surface area contributed by atoms with Crippen molar-refractivity contribution in [2.45, 2.75) is 32.9 Å². The number of aliphatic hydroxyl groups excluding tert-OH is 1. The molecule has 1 atom stereocenters. The minimum absolute atomic E-state index is 0.00284. The van der Waals surface area contributed by atoms with Gasteiger partial charge in [-0.2, -0.15) is 5.10 Å². The van der Waals surface area contributed by atoms with E-state index in [1.54, 1.807) is 0 Å². The van der Waals surface area contributed by atoms with Gasteiger partial charge in [-0.15, -0.1) is 0 Å². The van der Waals surface area contributed by atoms with Crippen LogP contribution in [0.25, 0.3) is 5.82 Å². The van der Waals surface area contributed by atoms with E-state index in [4.69, 9.17) is 4.74 Å². The quantitative estimate of drug-likeness (QED) is 0.915. The minimum Gasteiger partial charge on any atom is -0.390 e. The van der Waals surface area contributed by atoms with E-state index in [-0.39, 0.29) is 12.6 Å². The fraction of sp³-hybridized carbons (Fsp3) is 0.500. The second-order valence-corrected chi connectivity index (χ2v) is 5.07. The molecule has 0 saturated carbocycles. The SMILES string of the molecule is Cc1ccc(C)n1-c1cc(CO)n([C@@H]2CCOC2)n1. The highest BCUT2D eigenvalue weighted by atomic mass is 16.5. The lowest BCUT2D eigenvalue weighted by Gasteiger charge is -2.11. The van der Waals surface area contributed by atoms with Crippen LogP contribution >= 0.6 is 0 Å². The Bertz CT molecular complexity index is 560. The van der Waals surface area contributed by atoms with Gasteiger partial charge >= 0.3 is 0 Å². The highest BCUT2D eigenvalue weighted by Crippen LogP contribution is 2.23. The van der Waals surface area contributed by atoms with Gasteiger partial charge in [0.2, 0.25) is 0 Å². The number of hydrogen-bond donors (Lipinski definition) is 1. The molecular weight excluding hydrogens is 242 g/mol. The van der Waals surface area contributed by atoms with Crippen LogP contribution in [0, 0.1) is 13.8 Å². The van der Waals surface area contributed by atoms with E-state index in [0.29, 0.717) is 6.61 Å². The average molecular weight is 261 g/mol. The van der Waals surface area contributed by atoms with Crippen molar-refractivity contribution in [2.24, 2.45) is 0 Å². The van der Waals surface area contributed by atoms with Crippen molar-refractivity contribution in [3.8, 4) is 5.82 Å². The van der Waals surface area contributed by atoms with E-state index in [0.717, 1.165) is 35.9 Å². The molecule has 1 aliphatic rings. The summed E-state index contributed by atoms with van der Waals surface area (Å²) in [6.45, 7) is 5.57. The molecule has 0 aromatic carbocycles. The average Bonchev–Trinajstić information content (AvgIpc) is 3.09. The van der Waals surface area contributed by atoms with Crippen LogP contribution in [0.4, 0.5) is 0 Å². The van der Waals surface area contributed by atoms with Crippen molar-refractivity contribution < 1.29 is 9.84 Å². The normalized spacial score (nSPS) is 19.2. The molecular formula is C14H19N3O2. The van der Waals surface area contributed by atoms with Gasteiger partial charge in [-0.05, 0) is 32.4 Å². The third-order valence-electron chi connectivity index (χ3n) is 3.71. The molecule has 5 heteroatoms. The van der Waals surface area contributed by atoms with E-state index in [1.165, 1.54) is 0 Å². The Hall–Kier alpha value is -1.59. The molecule has 5 nitrogen and oxygen atoms in total. The number of ether oxygens (including phenoxy) is 1. The lowest BCUT2D eigenvalue weighted by molar-refractivity contribution is 0.181. The van der Waals surface area contributed by atoms with Crippen LogP contribution < -0.4 is 0 Å². The Balaban J connectivity index is 2.04. The van der Waals surface area contributed by atoms with Crippen molar-refractivity contribution in [3.05, 3.63) is 35.3 Å². The summed E-state index contributed by atoms with van der Waals surface area (Å²) in [6, 6.07) is 6.35. The van der Waals surface area contributed by atoms with Gasteiger partial charge in [0.25, 0.3) is 0 Å². The van der Waals surface area contributed by atoms with Crippen molar-refractivity contribution in [1.82, 2.24) is 14.3 Å². The number of rotatable bonds is 3. The highest BCUT2D eigenvalue weighted by Gasteiger charge is 2.22. The predicted molar refractivity (Wildman–Crippen MR) is 71.4 cm³/mol. The first-order valence-electron chi connectivity index (χ1n) is 6.63. The molecule has 0 spiro atoms. The van der Waals surface area contributed by atoms with E-state index in [1.807, 2.05) is 10.7 Å². The van der Waals surface area contributed by atoms with Crippen molar-refractivity contribution >= 4 is 0 Å². The third-order valence-corrected chi connectivity index (χ3v) is 3.71. The summed E-state index contributed by atoms with van der Waals surface area (Å²) in [5, 5.41) is 14.2. The van der Waals surface area contributed by atoms with Crippen molar-refractivity contribution in [1.29, 1.82) is 0 Å². The number of hydrogen-bond acceptors (Lipinski definition) is 3. The fourth-order valence-corrected chi connectivity index (χ4v) is 2.71. The monoisotopic (exact) mass is 261 g/mol. The van der Waals surface area contributed by atoms with E-state index >= 15 is 0 Å². The standard InChI is InChI=1S/C14H19N3O2/c1-10-3-4-11(2)16(10)14-7-13(8-18)17(15-14)12-5-6-19-9-12/h3-4,7,12,18H,5-6,8-9H2,1-2H3/t12-/m1/s1. The first-order valence-corrected chi connectivity index (χ1v) is 6.63. The smallest absolute Gasteiger partial charge is 0.159 e. The van der Waals surface area contributed by atoms with Gasteiger partial charge in [0.05, 0.1) is 24.9 Å². The Labute approximate surface area is 112 Å². The summed E-state index contributed by atoms with van der Waals surface area (Å²) in [6.07, 6.45) is 0.956. The van der Waals surface area contributed by atoms with Crippen LogP contribution in [0.2, 0.25) is 0 Å². The molecule has 3 rings (SSSR count). The first-order chi connectivity index (χ1) is 9.20. The molecule has 0 aliphatic carbocycles. The predicted octanol–water partition coefficient (Wildman–Crippen LogP) is 1.74. The van der Waals surface area contributed by atoms with Gasteiger partial charge in [-0.25, -0.2) is 0 Å². The number of aryl methyl sites for hydroxylation is 2. The molecule has 1 N–H and O–H groups in total. The lowest BCUT2D eigenvalue weighted by Crippen LogP contribution is -2.14. The number of aliphatic hydroxyl groups is 1. The van der Waals surface area contributed by atoms with Crippen LogP contribution in [0.3, 0.4) is 0 Å². The molecule has 0 bridgehead atoms. The summed E-state index contributed by atoms with van der Waals surface area (Å²) in [5.74, 6) is 0.871. The molecule has 2 aromatic heterocycles. The van der Waals surface area contributed by atoms with Crippen molar-refractivity contribution in [2.75, 3.05) is 13.2 Å². The van der Waals surface area contributed by atoms with Gasteiger partial charge < -0.3 is 14.4 Å². The lowest BCUT2D eigenvalue weighted by atomic mass is 10.2. The second kappa shape index (κ2) is 4.83. The molecule has 3 heterocycles. The van der Waals surface area contributed by atoms with Crippen LogP contribution in [-0.2, 0) is 11.3 Å². The molecule has 0 unspecified atom stereocenters. The third kappa shape index (κ3) is 2.09. The molecule has 2 aromatic rings. The van der Waals surface area contributed by atoms with Gasteiger partial charge in [-0.3, -0.25) is 4.68 Å². The minimum atomic E-state index is 0.00284. The molecule has 102 valence electrons. The number of nitrogens with zero attached hydrogens (tertiary/aromatic N) is 3. The molecule has 1 saturated heterocycles. The Morgan fingerprint density at radius 1 is 1.37 bits per heavy atom. The fourth-order valence-electron chi connectivity index (χ4n) is 2.71. The Morgan fingerprint density at radius 2 is 2.11 bits per heavy atom. The van der Waals surface area contributed by atoms with E-state index in [9.17, 15) is 5.11 Å². The topological polar surface area (TPSA) is 52.2 Å². The largest absolute Gasteiger partial charge is 0.390 e. The first kappa shape index (κ1) is 12.4. The molecule has 19 heavy (non-hydrogen) atoms. The van der Waals surface area contributed by atoms with Crippen LogP contribution in [0.1, 0.15) is 29.5 Å². The van der Waals surface area contributed by atoms with Gasteiger partial charge in [0, 0.05) is 24.1 Å². The van der Waals surface area contributed by atoms with Gasteiger partial charge in [0.15, 0.2) is 5.82 Å². The Kier molecular flexibility index (Phi) is 3.16. The Morgan fingerprint density at radius 3 is 2.68 bits per heavy atom. The van der Waals surface area contributed by atoms with Crippen LogP contribution in [0.15, 0.2) is 18.2 Å². The van der Waals surface area contributed by atoms with Crippen LogP contribution in [-0.4, -0.2) is 32.7 Å². The zero-order valence-corrected chi connectivity index (χ0v) is 11.3. The van der Waals surface area contributed by atoms with Gasteiger partial charge in [0.1, 0.15) is 0 Å². The van der Waals surface area contributed by atoms with Crippen molar-refractivity contribution in [3.63, 3.8) is 0 Å². The summed E-state index contributed by atoms with van der Waals surface area (Å²) < 4.78 is 9.43. The maximum atomic E-state index is 9.52. The molecule has 1 aliphatic heterocycles. The van der Waals surface area contributed by atoms with Crippen LogP contribution in [0.5, 0.6) is 0 Å².